The van der Waals surface area contributed by atoms with Crippen molar-refractivity contribution in [3.8, 4) is 11.6 Å². The third kappa shape index (κ3) is 3.62. The quantitative estimate of drug-likeness (QED) is 0.602. The van der Waals surface area contributed by atoms with Gasteiger partial charge < -0.3 is 14.8 Å². The van der Waals surface area contributed by atoms with Gasteiger partial charge in [-0.3, -0.25) is 0 Å². The Hall–Kier alpha value is -2.91. The van der Waals surface area contributed by atoms with Gasteiger partial charge in [0.1, 0.15) is 5.75 Å². The summed E-state index contributed by atoms with van der Waals surface area (Å²) in [6, 6.07) is 10.9. The van der Waals surface area contributed by atoms with Crippen LogP contribution in [0.3, 0.4) is 0 Å². The first kappa shape index (κ1) is 16.9. The fourth-order valence-electron chi connectivity index (χ4n) is 2.32. The van der Waals surface area contributed by atoms with Crippen LogP contribution >= 0.6 is 0 Å². The summed E-state index contributed by atoms with van der Waals surface area (Å²) < 4.78 is 27.9. The van der Waals surface area contributed by atoms with E-state index >= 15 is 0 Å². The van der Waals surface area contributed by atoms with E-state index in [1.54, 1.807) is 18.2 Å². The summed E-state index contributed by atoms with van der Waals surface area (Å²) in [7, 11) is -3.75. The highest BCUT2D eigenvalue weighted by molar-refractivity contribution is 7.89. The predicted molar refractivity (Wildman–Crippen MR) is 93.1 cm³/mol. The van der Waals surface area contributed by atoms with Gasteiger partial charge in [0.25, 0.3) is 0 Å². The lowest BCUT2D eigenvalue weighted by Crippen LogP contribution is -2.11. The zero-order valence-corrected chi connectivity index (χ0v) is 14.1. The first-order valence-corrected chi connectivity index (χ1v) is 8.95. The van der Waals surface area contributed by atoms with Crippen molar-refractivity contribution in [1.82, 2.24) is 4.98 Å². The minimum Gasteiger partial charge on any atom is -0.494 e. The number of aromatic hydroxyl groups is 1. The van der Waals surface area contributed by atoms with E-state index in [4.69, 9.17) is 9.88 Å². The number of hydrogen-bond donors (Lipinski definition) is 3. The van der Waals surface area contributed by atoms with Gasteiger partial charge in [-0.05, 0) is 43.3 Å². The summed E-state index contributed by atoms with van der Waals surface area (Å²) in [4.78, 5) is 2.81. The standard InChI is InChI=1S/C16H16N4O4S/c1-2-24-11-5-8-13-14(9-11)18-16(21)15(13)20-19-10-3-6-12(7-4-10)25(17,22)23/h3-9,18,21H,2H2,1H3,(H2,17,22,23). The second kappa shape index (κ2) is 6.54. The van der Waals surface area contributed by atoms with Crippen molar-refractivity contribution in [3.63, 3.8) is 0 Å². The molecule has 0 amide bonds. The van der Waals surface area contributed by atoms with E-state index in [-0.39, 0.29) is 16.5 Å². The topological polar surface area (TPSA) is 130 Å². The molecule has 0 fully saturated rings. The largest absolute Gasteiger partial charge is 0.494 e. The molecule has 1 aromatic heterocycles. The number of rotatable bonds is 5. The maximum atomic E-state index is 11.2. The van der Waals surface area contributed by atoms with Crippen molar-refractivity contribution < 1.29 is 18.3 Å². The summed E-state index contributed by atoms with van der Waals surface area (Å²) in [5.74, 6) is 0.562. The Balaban J connectivity index is 1.92. The highest BCUT2D eigenvalue weighted by Crippen LogP contribution is 2.37. The fourth-order valence-corrected chi connectivity index (χ4v) is 2.83. The van der Waals surface area contributed by atoms with Crippen LogP contribution in [0.2, 0.25) is 0 Å². The van der Waals surface area contributed by atoms with E-state index in [0.29, 0.717) is 28.9 Å². The van der Waals surface area contributed by atoms with Gasteiger partial charge in [0, 0.05) is 11.5 Å². The first-order chi connectivity index (χ1) is 11.9. The number of fused-ring (bicyclic) bond motifs is 1. The van der Waals surface area contributed by atoms with Gasteiger partial charge >= 0.3 is 0 Å². The molecule has 0 saturated heterocycles. The SMILES string of the molecule is CCOc1ccc2c(N=Nc3ccc(S(N)(=O)=O)cc3)c(O)[nH]c2c1. The Kier molecular flexibility index (Phi) is 4.43. The number of nitrogens with two attached hydrogens (primary N) is 1. The van der Waals surface area contributed by atoms with E-state index in [9.17, 15) is 13.5 Å². The molecule has 130 valence electrons. The molecule has 0 aliphatic rings. The van der Waals surface area contributed by atoms with Crippen molar-refractivity contribution in [3.05, 3.63) is 42.5 Å². The molecule has 0 bridgehead atoms. The van der Waals surface area contributed by atoms with Crippen molar-refractivity contribution in [2.75, 3.05) is 6.61 Å². The smallest absolute Gasteiger partial charge is 0.238 e. The maximum absolute atomic E-state index is 11.2. The molecule has 4 N–H and O–H groups in total. The summed E-state index contributed by atoms with van der Waals surface area (Å²) in [6.45, 7) is 2.43. The van der Waals surface area contributed by atoms with Crippen LogP contribution in [0.5, 0.6) is 11.6 Å². The first-order valence-electron chi connectivity index (χ1n) is 7.40. The number of nitrogens with zero attached hydrogens (tertiary/aromatic N) is 2. The average molecular weight is 360 g/mol. The number of ether oxygens (including phenoxy) is 1. The summed E-state index contributed by atoms with van der Waals surface area (Å²) in [5.41, 5.74) is 1.38. The monoisotopic (exact) mass is 360 g/mol. The predicted octanol–water partition coefficient (Wildman–Crippen LogP) is 3.33. The van der Waals surface area contributed by atoms with E-state index in [0.717, 1.165) is 0 Å². The van der Waals surface area contributed by atoms with Gasteiger partial charge in [0.15, 0.2) is 5.69 Å². The number of primary sulfonamides is 1. The molecule has 0 spiro atoms. The maximum Gasteiger partial charge on any atom is 0.238 e. The van der Waals surface area contributed by atoms with Crippen LogP contribution in [0.4, 0.5) is 11.4 Å². The fraction of sp³-hybridized carbons (Fsp3) is 0.125. The molecular formula is C16H16N4O4S. The number of aromatic nitrogens is 1. The lowest BCUT2D eigenvalue weighted by molar-refractivity contribution is 0.340. The minimum absolute atomic E-state index is 0.00940. The second-order valence-corrected chi connectivity index (χ2v) is 6.76. The number of hydrogen-bond acceptors (Lipinski definition) is 6. The lowest BCUT2D eigenvalue weighted by Gasteiger charge is -2.01. The summed E-state index contributed by atoms with van der Waals surface area (Å²) >= 11 is 0. The number of H-pyrrole nitrogens is 1. The molecular weight excluding hydrogens is 344 g/mol. The summed E-state index contributed by atoms with van der Waals surface area (Å²) in [6.07, 6.45) is 0. The Morgan fingerprint density at radius 1 is 1.16 bits per heavy atom. The highest BCUT2D eigenvalue weighted by atomic mass is 32.2. The van der Waals surface area contributed by atoms with Gasteiger partial charge in [-0.15, -0.1) is 5.11 Å². The second-order valence-electron chi connectivity index (χ2n) is 5.20. The van der Waals surface area contributed by atoms with E-state index in [2.05, 4.69) is 15.2 Å². The van der Waals surface area contributed by atoms with Crippen LogP contribution in [0.15, 0.2) is 57.6 Å². The van der Waals surface area contributed by atoms with Crippen molar-refractivity contribution in [2.45, 2.75) is 11.8 Å². The molecule has 0 radical (unpaired) electrons. The Morgan fingerprint density at radius 3 is 2.52 bits per heavy atom. The number of aromatic amines is 1. The number of azo groups is 1. The van der Waals surface area contributed by atoms with Gasteiger partial charge in [-0.1, -0.05) is 0 Å². The molecule has 3 rings (SSSR count). The van der Waals surface area contributed by atoms with Crippen LogP contribution in [0.1, 0.15) is 6.92 Å². The number of sulfonamides is 1. The zero-order chi connectivity index (χ0) is 18.0. The molecule has 0 aliphatic heterocycles. The molecule has 3 aromatic rings. The zero-order valence-electron chi connectivity index (χ0n) is 13.3. The van der Waals surface area contributed by atoms with E-state index < -0.39 is 10.0 Å². The van der Waals surface area contributed by atoms with Crippen molar-refractivity contribution in [2.24, 2.45) is 15.4 Å². The van der Waals surface area contributed by atoms with E-state index in [1.165, 1.54) is 24.3 Å². The molecule has 2 aromatic carbocycles. The molecule has 0 aliphatic carbocycles. The molecule has 9 heteroatoms. The van der Waals surface area contributed by atoms with Crippen molar-refractivity contribution >= 4 is 32.3 Å². The Bertz CT molecular complexity index is 1040. The molecule has 1 heterocycles. The van der Waals surface area contributed by atoms with Gasteiger partial charge in [-0.25, -0.2) is 13.6 Å². The van der Waals surface area contributed by atoms with Crippen LogP contribution in [-0.4, -0.2) is 25.1 Å². The molecule has 0 unspecified atom stereocenters. The molecule has 25 heavy (non-hydrogen) atoms. The highest BCUT2D eigenvalue weighted by Gasteiger charge is 2.11. The third-order valence-electron chi connectivity index (χ3n) is 3.47. The number of nitrogens with one attached hydrogen (secondary N) is 1. The third-order valence-corrected chi connectivity index (χ3v) is 4.39. The number of benzene rings is 2. The average Bonchev–Trinajstić information content (AvgIpc) is 2.87. The van der Waals surface area contributed by atoms with Gasteiger partial charge in [-0.2, -0.15) is 5.11 Å². The van der Waals surface area contributed by atoms with Crippen LogP contribution < -0.4 is 9.88 Å². The van der Waals surface area contributed by atoms with Crippen LogP contribution in [0, 0.1) is 0 Å². The van der Waals surface area contributed by atoms with Crippen LogP contribution in [0.25, 0.3) is 10.9 Å². The van der Waals surface area contributed by atoms with Crippen LogP contribution in [-0.2, 0) is 10.0 Å². The minimum atomic E-state index is -3.75. The van der Waals surface area contributed by atoms with Crippen molar-refractivity contribution in [1.29, 1.82) is 0 Å². The van der Waals surface area contributed by atoms with E-state index in [1.807, 2.05) is 6.92 Å². The summed E-state index contributed by atoms with van der Waals surface area (Å²) in [5, 5.41) is 23.8. The molecule has 0 saturated carbocycles. The molecule has 8 nitrogen and oxygen atoms in total. The Labute approximate surface area is 144 Å². The van der Waals surface area contributed by atoms with Gasteiger partial charge in [0.2, 0.25) is 15.9 Å². The normalized spacial score (nSPS) is 12.1. The molecule has 0 atom stereocenters. The lowest BCUT2D eigenvalue weighted by atomic mass is 10.2. The Morgan fingerprint density at radius 2 is 1.88 bits per heavy atom. The van der Waals surface area contributed by atoms with Gasteiger partial charge in [0.05, 0.1) is 22.7 Å².